The number of Topliss-reactive ketones (excluding diaryl/α,β-unsaturated/α-hetero) is 1. The lowest BCUT2D eigenvalue weighted by atomic mass is 10.1. The molecule has 0 aliphatic carbocycles. The maximum Gasteiger partial charge on any atom is 0.163 e. The predicted octanol–water partition coefficient (Wildman–Crippen LogP) is 3.05. The van der Waals surface area contributed by atoms with Gasteiger partial charge in [-0.2, -0.15) is 0 Å². The predicted molar refractivity (Wildman–Crippen MR) is 60.4 cm³/mol. The zero-order valence-corrected chi connectivity index (χ0v) is 9.71. The summed E-state index contributed by atoms with van der Waals surface area (Å²) >= 11 is 3.30. The molecule has 0 amide bonds. The van der Waals surface area contributed by atoms with Crippen molar-refractivity contribution in [2.24, 2.45) is 0 Å². The van der Waals surface area contributed by atoms with Crippen LogP contribution in [0.15, 0.2) is 24.3 Å². The van der Waals surface area contributed by atoms with E-state index in [1.54, 1.807) is 13.2 Å². The normalized spacial score (nSPS) is 9.86. The number of rotatable bonds is 5. The lowest BCUT2D eigenvalue weighted by molar-refractivity contribution is 0.0982. The minimum atomic E-state index is 0.170. The van der Waals surface area contributed by atoms with Crippen LogP contribution in [-0.4, -0.2) is 18.2 Å². The van der Waals surface area contributed by atoms with Crippen molar-refractivity contribution in [3.63, 3.8) is 0 Å². The molecule has 0 spiro atoms. The molecule has 0 atom stereocenters. The number of carbonyl (C=O) groups is 1. The smallest absolute Gasteiger partial charge is 0.163 e. The molecule has 1 aromatic carbocycles. The van der Waals surface area contributed by atoms with Crippen molar-refractivity contribution >= 4 is 21.7 Å². The molecule has 1 aromatic rings. The Morgan fingerprint density at radius 3 is 2.93 bits per heavy atom. The van der Waals surface area contributed by atoms with Crippen LogP contribution in [0.2, 0.25) is 0 Å². The van der Waals surface area contributed by atoms with Crippen LogP contribution in [0.25, 0.3) is 0 Å². The van der Waals surface area contributed by atoms with Gasteiger partial charge in [0.25, 0.3) is 0 Å². The molecule has 3 heteroatoms. The Balaban J connectivity index is 2.69. The van der Waals surface area contributed by atoms with Gasteiger partial charge in [0.1, 0.15) is 5.75 Å². The van der Waals surface area contributed by atoms with Gasteiger partial charge >= 0.3 is 0 Å². The molecule has 76 valence electrons. The Morgan fingerprint density at radius 2 is 2.29 bits per heavy atom. The molecule has 0 radical (unpaired) electrons. The van der Waals surface area contributed by atoms with Crippen LogP contribution in [-0.2, 0) is 0 Å². The molecule has 0 bridgehead atoms. The summed E-state index contributed by atoms with van der Waals surface area (Å²) in [4.78, 5) is 11.6. The highest BCUT2D eigenvalue weighted by molar-refractivity contribution is 9.09. The molecule has 14 heavy (non-hydrogen) atoms. The zero-order valence-electron chi connectivity index (χ0n) is 8.13. The highest BCUT2D eigenvalue weighted by Crippen LogP contribution is 2.14. The fourth-order valence-electron chi connectivity index (χ4n) is 1.17. The molecule has 0 saturated carbocycles. The van der Waals surface area contributed by atoms with Crippen LogP contribution < -0.4 is 4.74 Å². The highest BCUT2D eigenvalue weighted by Gasteiger charge is 2.05. The fourth-order valence-corrected chi connectivity index (χ4v) is 1.45. The molecular formula is C11H13BrO2. The quantitative estimate of drug-likeness (QED) is 0.598. The summed E-state index contributed by atoms with van der Waals surface area (Å²) in [6.07, 6.45) is 1.45. The van der Waals surface area contributed by atoms with Gasteiger partial charge < -0.3 is 4.74 Å². The van der Waals surface area contributed by atoms with Crippen molar-refractivity contribution in [2.75, 3.05) is 12.4 Å². The molecule has 1 rings (SSSR count). The summed E-state index contributed by atoms with van der Waals surface area (Å²) in [7, 11) is 1.60. The second-order valence-corrected chi connectivity index (χ2v) is 3.74. The lowest BCUT2D eigenvalue weighted by Gasteiger charge is -2.02. The first-order valence-electron chi connectivity index (χ1n) is 4.51. The summed E-state index contributed by atoms with van der Waals surface area (Å²) in [5.41, 5.74) is 0.727. The molecular weight excluding hydrogens is 244 g/mol. The molecule has 0 aliphatic heterocycles. The maximum absolute atomic E-state index is 11.6. The third-order valence-corrected chi connectivity index (χ3v) is 2.49. The number of ether oxygens (including phenoxy) is 1. The third-order valence-electron chi connectivity index (χ3n) is 1.93. The fraction of sp³-hybridized carbons (Fsp3) is 0.364. The Morgan fingerprint density at radius 1 is 1.50 bits per heavy atom. The van der Waals surface area contributed by atoms with Gasteiger partial charge in [0, 0.05) is 17.3 Å². The summed E-state index contributed by atoms with van der Waals surface area (Å²) < 4.78 is 5.05. The maximum atomic E-state index is 11.6. The molecule has 0 unspecified atom stereocenters. The number of benzene rings is 1. The molecule has 0 N–H and O–H groups in total. The largest absolute Gasteiger partial charge is 0.497 e. The third kappa shape index (κ3) is 3.14. The van der Waals surface area contributed by atoms with E-state index in [2.05, 4.69) is 15.9 Å². The van der Waals surface area contributed by atoms with Crippen LogP contribution in [0.1, 0.15) is 23.2 Å². The molecule has 0 fully saturated rings. The van der Waals surface area contributed by atoms with E-state index in [4.69, 9.17) is 4.74 Å². The van der Waals surface area contributed by atoms with Gasteiger partial charge in [0.05, 0.1) is 7.11 Å². The van der Waals surface area contributed by atoms with Crippen LogP contribution in [0.5, 0.6) is 5.75 Å². The van der Waals surface area contributed by atoms with Gasteiger partial charge in [-0.3, -0.25) is 4.79 Å². The van der Waals surface area contributed by atoms with E-state index in [0.717, 1.165) is 23.1 Å². The minimum absolute atomic E-state index is 0.170. The number of hydrogen-bond donors (Lipinski definition) is 0. The molecule has 0 heterocycles. The zero-order chi connectivity index (χ0) is 10.4. The average Bonchev–Trinajstić information content (AvgIpc) is 2.26. The Hall–Kier alpha value is -0.830. The number of methoxy groups -OCH3 is 1. The SMILES string of the molecule is COc1cccc(C(=O)CCCBr)c1. The number of halogens is 1. The van der Waals surface area contributed by atoms with Gasteiger partial charge in [-0.15, -0.1) is 0 Å². The average molecular weight is 257 g/mol. The van der Waals surface area contributed by atoms with Crippen molar-refractivity contribution < 1.29 is 9.53 Å². The van der Waals surface area contributed by atoms with Crippen molar-refractivity contribution in [3.05, 3.63) is 29.8 Å². The highest BCUT2D eigenvalue weighted by atomic mass is 79.9. The first kappa shape index (κ1) is 11.2. The van der Waals surface area contributed by atoms with E-state index >= 15 is 0 Å². The van der Waals surface area contributed by atoms with E-state index in [-0.39, 0.29) is 5.78 Å². The van der Waals surface area contributed by atoms with Crippen LogP contribution in [0, 0.1) is 0 Å². The van der Waals surface area contributed by atoms with Crippen LogP contribution in [0.4, 0.5) is 0 Å². The van der Waals surface area contributed by atoms with Gasteiger partial charge in [-0.05, 0) is 18.6 Å². The van der Waals surface area contributed by atoms with Crippen molar-refractivity contribution in [1.82, 2.24) is 0 Å². The van der Waals surface area contributed by atoms with Gasteiger partial charge in [-0.1, -0.05) is 28.1 Å². The Labute approximate surface area is 92.4 Å². The van der Waals surface area contributed by atoms with Crippen molar-refractivity contribution in [3.8, 4) is 5.75 Å². The second kappa shape index (κ2) is 5.81. The van der Waals surface area contributed by atoms with Gasteiger partial charge in [0.15, 0.2) is 5.78 Å². The lowest BCUT2D eigenvalue weighted by Crippen LogP contribution is -1.99. The minimum Gasteiger partial charge on any atom is -0.497 e. The first-order chi connectivity index (χ1) is 6.77. The van der Waals surface area contributed by atoms with Crippen LogP contribution >= 0.6 is 15.9 Å². The summed E-state index contributed by atoms with van der Waals surface area (Å²) in [6, 6.07) is 7.26. The number of hydrogen-bond acceptors (Lipinski definition) is 2. The number of alkyl halides is 1. The topological polar surface area (TPSA) is 26.3 Å². The van der Waals surface area contributed by atoms with E-state index < -0.39 is 0 Å². The molecule has 0 aliphatic rings. The van der Waals surface area contributed by atoms with Crippen LogP contribution in [0.3, 0.4) is 0 Å². The number of ketones is 1. The van der Waals surface area contributed by atoms with E-state index in [9.17, 15) is 4.79 Å². The first-order valence-corrected chi connectivity index (χ1v) is 5.63. The summed E-state index contributed by atoms with van der Waals surface area (Å²) in [5.74, 6) is 0.901. The molecule has 0 saturated heterocycles. The standard InChI is InChI=1S/C11H13BrO2/c1-14-10-5-2-4-9(8-10)11(13)6-3-7-12/h2,4-5,8H,3,6-7H2,1H3. The van der Waals surface area contributed by atoms with Crippen molar-refractivity contribution in [2.45, 2.75) is 12.8 Å². The summed E-state index contributed by atoms with van der Waals surface area (Å²) in [6.45, 7) is 0. The van der Waals surface area contributed by atoms with Gasteiger partial charge in [-0.25, -0.2) is 0 Å². The summed E-state index contributed by atoms with van der Waals surface area (Å²) in [5, 5.41) is 0.864. The second-order valence-electron chi connectivity index (χ2n) is 2.95. The monoisotopic (exact) mass is 256 g/mol. The van der Waals surface area contributed by atoms with E-state index in [0.29, 0.717) is 6.42 Å². The number of carbonyl (C=O) groups excluding carboxylic acids is 1. The van der Waals surface area contributed by atoms with Crippen molar-refractivity contribution in [1.29, 1.82) is 0 Å². The van der Waals surface area contributed by atoms with E-state index in [1.807, 2.05) is 18.2 Å². The molecule has 2 nitrogen and oxygen atoms in total. The molecule has 0 aromatic heterocycles. The van der Waals surface area contributed by atoms with Gasteiger partial charge in [0.2, 0.25) is 0 Å². The Bertz CT molecular complexity index is 310. The Kier molecular flexibility index (Phi) is 4.66. The van der Waals surface area contributed by atoms with E-state index in [1.165, 1.54) is 0 Å².